The predicted octanol–water partition coefficient (Wildman–Crippen LogP) is 0.495. The highest BCUT2D eigenvalue weighted by Gasteiger charge is 2.37. The van der Waals surface area contributed by atoms with Crippen LogP contribution in [0, 0.1) is 18.8 Å². The van der Waals surface area contributed by atoms with Crippen molar-refractivity contribution in [3.8, 4) is 0 Å². The summed E-state index contributed by atoms with van der Waals surface area (Å²) in [6.07, 6.45) is 1.95. The number of nitrogens with one attached hydrogen (secondary N) is 1. The first-order valence-corrected chi connectivity index (χ1v) is 5.87. The molecule has 7 nitrogen and oxygen atoms in total. The molecule has 98 valence electrons. The lowest BCUT2D eigenvalue weighted by Gasteiger charge is -2.14. The largest absolute Gasteiger partial charge is 0.481 e. The third-order valence-corrected chi connectivity index (χ3v) is 3.15. The molecule has 1 fully saturated rings. The molecule has 2 rings (SSSR count). The number of hydrogen-bond donors (Lipinski definition) is 2. The molecular formula is C11H15N3O4. The molecule has 1 saturated carbocycles. The summed E-state index contributed by atoms with van der Waals surface area (Å²) in [6.45, 7) is 1.83. The smallest absolute Gasteiger partial charge is 0.307 e. The number of carbonyl (C=O) groups is 2. The molecule has 2 unspecified atom stereocenters. The number of aromatic nitrogens is 2. The van der Waals surface area contributed by atoms with Crippen LogP contribution < -0.4 is 5.32 Å². The van der Waals surface area contributed by atoms with E-state index in [2.05, 4.69) is 15.5 Å². The van der Waals surface area contributed by atoms with Gasteiger partial charge in [0.05, 0.1) is 18.4 Å². The molecule has 1 aliphatic carbocycles. The lowest BCUT2D eigenvalue weighted by atomic mass is 9.95. The number of carboxylic acids is 1. The van der Waals surface area contributed by atoms with Crippen LogP contribution in [-0.4, -0.2) is 27.1 Å². The molecule has 1 aliphatic rings. The highest BCUT2D eigenvalue weighted by Crippen LogP contribution is 2.32. The Hall–Kier alpha value is -1.92. The molecule has 0 spiro atoms. The fourth-order valence-electron chi connectivity index (χ4n) is 2.28. The minimum absolute atomic E-state index is 0.141. The molecule has 1 amide bonds. The average Bonchev–Trinajstić information content (AvgIpc) is 2.94. The Morgan fingerprint density at radius 2 is 2.17 bits per heavy atom. The van der Waals surface area contributed by atoms with Crippen molar-refractivity contribution in [1.29, 1.82) is 0 Å². The number of hydrogen-bond acceptors (Lipinski definition) is 5. The van der Waals surface area contributed by atoms with Crippen molar-refractivity contribution in [3.05, 3.63) is 11.7 Å². The topological polar surface area (TPSA) is 105 Å². The molecule has 2 atom stereocenters. The van der Waals surface area contributed by atoms with E-state index < -0.39 is 17.8 Å². The first-order chi connectivity index (χ1) is 8.58. The van der Waals surface area contributed by atoms with Crippen LogP contribution in [0.4, 0.5) is 0 Å². The third-order valence-electron chi connectivity index (χ3n) is 3.15. The van der Waals surface area contributed by atoms with E-state index in [1.54, 1.807) is 6.92 Å². The fourth-order valence-corrected chi connectivity index (χ4v) is 2.28. The molecule has 1 heterocycles. The van der Waals surface area contributed by atoms with Crippen LogP contribution in [-0.2, 0) is 16.1 Å². The van der Waals surface area contributed by atoms with Crippen LogP contribution in [0.5, 0.6) is 0 Å². The maximum absolute atomic E-state index is 11.9. The zero-order valence-corrected chi connectivity index (χ0v) is 10.0. The molecule has 7 heteroatoms. The molecule has 0 bridgehead atoms. The van der Waals surface area contributed by atoms with E-state index in [0.29, 0.717) is 24.6 Å². The van der Waals surface area contributed by atoms with E-state index in [9.17, 15) is 9.59 Å². The summed E-state index contributed by atoms with van der Waals surface area (Å²) in [5.74, 6) is -1.35. The van der Waals surface area contributed by atoms with E-state index in [1.807, 2.05) is 0 Å². The summed E-state index contributed by atoms with van der Waals surface area (Å²) in [6, 6.07) is 0. The summed E-state index contributed by atoms with van der Waals surface area (Å²) < 4.78 is 4.86. The summed E-state index contributed by atoms with van der Waals surface area (Å²) in [5, 5.41) is 15.2. The van der Waals surface area contributed by atoms with Crippen molar-refractivity contribution in [2.75, 3.05) is 0 Å². The standard InChI is InChI=1S/C11H15N3O4/c1-6-13-9(18-14-6)5-12-10(15)7-3-2-4-8(7)11(16)17/h7-8H,2-5H2,1H3,(H,12,15)(H,16,17). The number of aliphatic carboxylic acids is 1. The molecule has 2 N–H and O–H groups in total. The van der Waals surface area contributed by atoms with Gasteiger partial charge in [0.2, 0.25) is 11.8 Å². The van der Waals surface area contributed by atoms with Crippen molar-refractivity contribution < 1.29 is 19.2 Å². The highest BCUT2D eigenvalue weighted by atomic mass is 16.5. The van der Waals surface area contributed by atoms with Gasteiger partial charge in [-0.15, -0.1) is 0 Å². The van der Waals surface area contributed by atoms with Crippen LogP contribution >= 0.6 is 0 Å². The first-order valence-electron chi connectivity index (χ1n) is 5.87. The van der Waals surface area contributed by atoms with Crippen LogP contribution in [0.3, 0.4) is 0 Å². The number of aryl methyl sites for hydroxylation is 1. The van der Waals surface area contributed by atoms with Crippen LogP contribution in [0.25, 0.3) is 0 Å². The maximum Gasteiger partial charge on any atom is 0.307 e. The Morgan fingerprint density at radius 3 is 2.78 bits per heavy atom. The van der Waals surface area contributed by atoms with Gasteiger partial charge in [-0.1, -0.05) is 11.6 Å². The van der Waals surface area contributed by atoms with Gasteiger partial charge in [-0.05, 0) is 19.8 Å². The summed E-state index contributed by atoms with van der Waals surface area (Å²) in [7, 11) is 0. The van der Waals surface area contributed by atoms with Gasteiger partial charge in [0.25, 0.3) is 0 Å². The van der Waals surface area contributed by atoms with E-state index in [0.717, 1.165) is 6.42 Å². The Morgan fingerprint density at radius 1 is 1.44 bits per heavy atom. The second-order valence-corrected chi connectivity index (χ2v) is 4.44. The minimum atomic E-state index is -0.902. The monoisotopic (exact) mass is 253 g/mol. The molecule has 0 aliphatic heterocycles. The van der Waals surface area contributed by atoms with Crippen molar-refractivity contribution in [2.24, 2.45) is 11.8 Å². The van der Waals surface area contributed by atoms with Gasteiger partial charge < -0.3 is 14.9 Å². The van der Waals surface area contributed by atoms with Crippen LogP contribution in [0.2, 0.25) is 0 Å². The number of rotatable bonds is 4. The second kappa shape index (κ2) is 5.16. The van der Waals surface area contributed by atoms with Crippen molar-refractivity contribution in [1.82, 2.24) is 15.5 Å². The Balaban J connectivity index is 1.89. The van der Waals surface area contributed by atoms with Crippen LogP contribution in [0.1, 0.15) is 31.0 Å². The average molecular weight is 253 g/mol. The van der Waals surface area contributed by atoms with Gasteiger partial charge in [0.1, 0.15) is 0 Å². The second-order valence-electron chi connectivity index (χ2n) is 4.44. The highest BCUT2D eigenvalue weighted by molar-refractivity contribution is 5.85. The lowest BCUT2D eigenvalue weighted by molar-refractivity contribution is -0.146. The van der Waals surface area contributed by atoms with Gasteiger partial charge >= 0.3 is 5.97 Å². The van der Waals surface area contributed by atoms with Crippen molar-refractivity contribution >= 4 is 11.9 Å². The fraction of sp³-hybridized carbons (Fsp3) is 0.636. The minimum Gasteiger partial charge on any atom is -0.481 e. The van der Waals surface area contributed by atoms with E-state index in [1.165, 1.54) is 0 Å². The summed E-state index contributed by atoms with van der Waals surface area (Å²) >= 11 is 0. The first kappa shape index (κ1) is 12.5. The number of amides is 1. The number of nitrogens with zero attached hydrogens (tertiary/aromatic N) is 2. The predicted molar refractivity (Wildman–Crippen MR) is 59.3 cm³/mol. The summed E-state index contributed by atoms with van der Waals surface area (Å²) in [5.41, 5.74) is 0. The third kappa shape index (κ3) is 2.66. The SMILES string of the molecule is Cc1noc(CNC(=O)C2CCCC2C(=O)O)n1. The van der Waals surface area contributed by atoms with Gasteiger partial charge in [0, 0.05) is 0 Å². The zero-order valence-electron chi connectivity index (χ0n) is 10.0. The Labute approximate surface area is 104 Å². The van der Waals surface area contributed by atoms with E-state index in [4.69, 9.17) is 9.63 Å². The molecule has 0 saturated heterocycles. The van der Waals surface area contributed by atoms with Crippen molar-refractivity contribution in [3.63, 3.8) is 0 Å². The molecule has 0 radical (unpaired) electrons. The summed E-state index contributed by atoms with van der Waals surface area (Å²) in [4.78, 5) is 26.8. The van der Waals surface area contributed by atoms with Gasteiger partial charge in [-0.3, -0.25) is 9.59 Å². The van der Waals surface area contributed by atoms with E-state index in [-0.39, 0.29) is 12.5 Å². The quantitative estimate of drug-likeness (QED) is 0.809. The molecule has 1 aromatic rings. The van der Waals surface area contributed by atoms with Crippen molar-refractivity contribution in [2.45, 2.75) is 32.7 Å². The van der Waals surface area contributed by atoms with Gasteiger partial charge in [-0.2, -0.15) is 4.98 Å². The van der Waals surface area contributed by atoms with Gasteiger partial charge in [0.15, 0.2) is 5.82 Å². The normalized spacial score (nSPS) is 22.9. The lowest BCUT2D eigenvalue weighted by Crippen LogP contribution is -2.34. The molecule has 18 heavy (non-hydrogen) atoms. The van der Waals surface area contributed by atoms with Gasteiger partial charge in [-0.25, -0.2) is 0 Å². The Bertz CT molecular complexity index is 457. The number of carboxylic acid groups (broad SMARTS) is 1. The van der Waals surface area contributed by atoms with E-state index >= 15 is 0 Å². The molecule has 0 aromatic carbocycles. The zero-order chi connectivity index (χ0) is 13.1. The Kier molecular flexibility index (Phi) is 3.59. The molecule has 1 aromatic heterocycles. The number of carbonyl (C=O) groups excluding carboxylic acids is 1. The van der Waals surface area contributed by atoms with Crippen LogP contribution in [0.15, 0.2) is 4.52 Å². The molecular weight excluding hydrogens is 238 g/mol. The maximum atomic E-state index is 11.9.